The molecular weight excluding hydrogens is 344 g/mol. The van der Waals surface area contributed by atoms with E-state index in [0.29, 0.717) is 6.54 Å². The van der Waals surface area contributed by atoms with Crippen LogP contribution in [0.5, 0.6) is 0 Å². The summed E-state index contributed by atoms with van der Waals surface area (Å²) < 4.78 is 0. The van der Waals surface area contributed by atoms with E-state index in [1.165, 1.54) is 0 Å². The minimum Gasteiger partial charge on any atom is -0.352 e. The van der Waals surface area contributed by atoms with E-state index >= 15 is 0 Å². The lowest BCUT2D eigenvalue weighted by Gasteiger charge is -2.07. The summed E-state index contributed by atoms with van der Waals surface area (Å²) in [4.78, 5) is 40.6. The number of aromatic nitrogens is 2. The number of hydrogen-bond acceptors (Lipinski definition) is 3. The largest absolute Gasteiger partial charge is 0.352 e. The molecule has 2 amide bonds. The molecule has 4 N–H and O–H groups in total. The molecule has 1 aromatic heterocycles. The second kappa shape index (κ2) is 7.11. The molecule has 0 unspecified atom stereocenters. The van der Waals surface area contributed by atoms with Gasteiger partial charge in [0.05, 0.1) is 17.5 Å². The lowest BCUT2D eigenvalue weighted by Crippen LogP contribution is -2.24. The van der Waals surface area contributed by atoms with Crippen molar-refractivity contribution in [3.63, 3.8) is 0 Å². The number of rotatable bonds is 6. The van der Waals surface area contributed by atoms with E-state index < -0.39 is 0 Å². The Bertz CT molecular complexity index is 1050. The molecule has 3 aromatic rings. The third-order valence-corrected chi connectivity index (χ3v) is 4.60. The average Bonchev–Trinajstić information content (AvgIpc) is 3.43. The standard InChI is InChI=1S/C20H20N4O3/c25-18(21-11-13-3-8-16-17(9-13)24-20(27)23-16)10-12-1-6-15(7-2-12)22-19(26)14-4-5-14/h1-3,6-9,14H,4-5,10-11H2,(H,21,25)(H,22,26)(H2,23,24,27). The van der Waals surface area contributed by atoms with Gasteiger partial charge < -0.3 is 20.6 Å². The first-order valence-corrected chi connectivity index (χ1v) is 8.94. The molecule has 4 rings (SSSR count). The Labute approximate surface area is 155 Å². The first-order valence-electron chi connectivity index (χ1n) is 8.94. The van der Waals surface area contributed by atoms with E-state index in [9.17, 15) is 14.4 Å². The molecule has 0 radical (unpaired) electrons. The maximum Gasteiger partial charge on any atom is 0.323 e. The van der Waals surface area contributed by atoms with E-state index in [2.05, 4.69) is 20.6 Å². The van der Waals surface area contributed by atoms with Crippen LogP contribution in [0.2, 0.25) is 0 Å². The van der Waals surface area contributed by atoms with Crippen LogP contribution in [0.4, 0.5) is 5.69 Å². The maximum absolute atomic E-state index is 12.2. The molecule has 1 fully saturated rings. The predicted octanol–water partition coefficient (Wildman–Crippen LogP) is 2.06. The van der Waals surface area contributed by atoms with Crippen LogP contribution in [0.1, 0.15) is 24.0 Å². The monoisotopic (exact) mass is 364 g/mol. The molecule has 1 saturated carbocycles. The van der Waals surface area contributed by atoms with Crippen LogP contribution in [0, 0.1) is 5.92 Å². The van der Waals surface area contributed by atoms with Crippen molar-refractivity contribution in [2.75, 3.05) is 5.32 Å². The molecule has 1 aliphatic carbocycles. The van der Waals surface area contributed by atoms with Crippen molar-refractivity contribution in [1.82, 2.24) is 15.3 Å². The second-order valence-corrected chi connectivity index (χ2v) is 6.87. The van der Waals surface area contributed by atoms with Gasteiger partial charge in [0, 0.05) is 18.2 Å². The van der Waals surface area contributed by atoms with Crippen molar-refractivity contribution in [2.24, 2.45) is 5.92 Å². The summed E-state index contributed by atoms with van der Waals surface area (Å²) in [6.07, 6.45) is 2.20. The van der Waals surface area contributed by atoms with E-state index in [1.807, 2.05) is 42.5 Å². The van der Waals surface area contributed by atoms with E-state index in [4.69, 9.17) is 0 Å². The Balaban J connectivity index is 1.30. The van der Waals surface area contributed by atoms with Gasteiger partial charge in [0.2, 0.25) is 11.8 Å². The van der Waals surface area contributed by atoms with Gasteiger partial charge in [-0.25, -0.2) is 4.79 Å². The van der Waals surface area contributed by atoms with Crippen LogP contribution < -0.4 is 16.3 Å². The number of anilines is 1. The molecule has 0 atom stereocenters. The third-order valence-electron chi connectivity index (χ3n) is 4.60. The molecule has 7 nitrogen and oxygen atoms in total. The van der Waals surface area contributed by atoms with Crippen molar-refractivity contribution in [3.05, 3.63) is 64.1 Å². The van der Waals surface area contributed by atoms with Crippen LogP contribution >= 0.6 is 0 Å². The number of H-pyrrole nitrogens is 2. The number of nitrogens with one attached hydrogen (secondary N) is 4. The van der Waals surface area contributed by atoms with Gasteiger partial charge in [-0.1, -0.05) is 18.2 Å². The van der Waals surface area contributed by atoms with E-state index in [-0.39, 0.29) is 29.8 Å². The smallest absolute Gasteiger partial charge is 0.323 e. The van der Waals surface area contributed by atoms with Crippen molar-refractivity contribution in [1.29, 1.82) is 0 Å². The number of benzene rings is 2. The summed E-state index contributed by atoms with van der Waals surface area (Å²) in [5.41, 5.74) is 3.75. The Hall–Kier alpha value is -3.35. The zero-order valence-electron chi connectivity index (χ0n) is 14.7. The van der Waals surface area contributed by atoms with Crippen molar-refractivity contribution >= 4 is 28.5 Å². The summed E-state index contributed by atoms with van der Waals surface area (Å²) in [6, 6.07) is 12.8. The highest BCUT2D eigenvalue weighted by atomic mass is 16.2. The molecular formula is C20H20N4O3. The maximum atomic E-state index is 12.2. The molecule has 27 heavy (non-hydrogen) atoms. The second-order valence-electron chi connectivity index (χ2n) is 6.87. The topological polar surface area (TPSA) is 107 Å². The van der Waals surface area contributed by atoms with Crippen LogP contribution in [-0.2, 0) is 22.6 Å². The summed E-state index contributed by atoms with van der Waals surface area (Å²) >= 11 is 0. The summed E-state index contributed by atoms with van der Waals surface area (Å²) in [6.45, 7) is 0.386. The minimum absolute atomic E-state index is 0.0706. The fourth-order valence-electron chi connectivity index (χ4n) is 2.93. The summed E-state index contributed by atoms with van der Waals surface area (Å²) in [5, 5.41) is 5.76. The number of imidazole rings is 1. The molecule has 0 aliphatic heterocycles. The van der Waals surface area contributed by atoms with Gasteiger partial charge in [0.1, 0.15) is 0 Å². The molecule has 1 heterocycles. The zero-order chi connectivity index (χ0) is 18.8. The first-order chi connectivity index (χ1) is 13.1. The van der Waals surface area contributed by atoms with Crippen molar-refractivity contribution in [3.8, 4) is 0 Å². The Kier molecular flexibility index (Phi) is 4.50. The Morgan fingerprint density at radius 2 is 1.67 bits per heavy atom. The van der Waals surface area contributed by atoms with Crippen molar-refractivity contribution in [2.45, 2.75) is 25.8 Å². The summed E-state index contributed by atoms with van der Waals surface area (Å²) in [7, 11) is 0. The highest BCUT2D eigenvalue weighted by Crippen LogP contribution is 2.30. The van der Waals surface area contributed by atoms with Crippen molar-refractivity contribution < 1.29 is 9.59 Å². The number of aromatic amines is 2. The van der Waals surface area contributed by atoms with Crippen LogP contribution in [-0.4, -0.2) is 21.8 Å². The zero-order valence-corrected chi connectivity index (χ0v) is 14.7. The third kappa shape index (κ3) is 4.25. The number of amides is 2. The van der Waals surface area contributed by atoms with Gasteiger partial charge in [0.15, 0.2) is 0 Å². The predicted molar refractivity (Wildman–Crippen MR) is 102 cm³/mol. The van der Waals surface area contributed by atoms with Crippen LogP contribution in [0.25, 0.3) is 11.0 Å². The van der Waals surface area contributed by atoms with Crippen LogP contribution in [0.15, 0.2) is 47.3 Å². The highest BCUT2D eigenvalue weighted by molar-refractivity contribution is 5.94. The Morgan fingerprint density at radius 1 is 0.963 bits per heavy atom. The van der Waals surface area contributed by atoms with Gasteiger partial charge in [-0.15, -0.1) is 0 Å². The number of hydrogen-bond donors (Lipinski definition) is 4. The molecule has 0 spiro atoms. The van der Waals surface area contributed by atoms with Gasteiger partial charge in [0.25, 0.3) is 0 Å². The average molecular weight is 364 g/mol. The van der Waals surface area contributed by atoms with Gasteiger partial charge in [-0.05, 0) is 48.2 Å². The summed E-state index contributed by atoms with van der Waals surface area (Å²) in [5.74, 6) is 0.146. The molecule has 138 valence electrons. The molecule has 1 aliphatic rings. The van der Waals surface area contributed by atoms with Crippen LogP contribution in [0.3, 0.4) is 0 Å². The number of carbonyl (C=O) groups excluding carboxylic acids is 2. The molecule has 2 aromatic carbocycles. The quantitative estimate of drug-likeness (QED) is 0.538. The van der Waals surface area contributed by atoms with Gasteiger partial charge >= 0.3 is 5.69 Å². The van der Waals surface area contributed by atoms with E-state index in [1.54, 1.807) is 0 Å². The fraction of sp³-hybridized carbons (Fsp3) is 0.250. The normalized spacial score (nSPS) is 13.5. The molecule has 7 heteroatoms. The van der Waals surface area contributed by atoms with E-state index in [0.717, 1.165) is 40.7 Å². The SMILES string of the molecule is O=C(Cc1ccc(NC(=O)C2CC2)cc1)NCc1ccc2[nH]c(=O)[nH]c2c1. The first kappa shape index (κ1) is 17.1. The van der Waals surface area contributed by atoms with Gasteiger partial charge in [-0.2, -0.15) is 0 Å². The lowest BCUT2D eigenvalue weighted by atomic mass is 10.1. The highest BCUT2D eigenvalue weighted by Gasteiger charge is 2.29. The van der Waals surface area contributed by atoms with Gasteiger partial charge in [-0.3, -0.25) is 9.59 Å². The Morgan fingerprint density at radius 3 is 2.41 bits per heavy atom. The minimum atomic E-state index is -0.247. The number of carbonyl (C=O) groups is 2. The lowest BCUT2D eigenvalue weighted by molar-refractivity contribution is -0.120. The number of fused-ring (bicyclic) bond motifs is 1. The molecule has 0 bridgehead atoms. The fourth-order valence-corrected chi connectivity index (χ4v) is 2.93. The molecule has 0 saturated heterocycles.